The normalized spacial score (nSPS) is 10.6. The maximum absolute atomic E-state index is 12.2. The minimum Gasteiger partial charge on any atom is -0.325 e. The topological polar surface area (TPSA) is 72.7 Å². The van der Waals surface area contributed by atoms with Gasteiger partial charge in [-0.25, -0.2) is 0 Å². The molecule has 0 bridgehead atoms. The van der Waals surface area contributed by atoms with E-state index in [1.807, 2.05) is 43.3 Å². The van der Waals surface area contributed by atoms with Crippen molar-refractivity contribution in [3.8, 4) is 5.69 Å². The van der Waals surface area contributed by atoms with Crippen LogP contribution in [0.1, 0.15) is 18.1 Å². The van der Waals surface area contributed by atoms with Crippen LogP contribution in [0.5, 0.6) is 0 Å². The average molecular weight is 353 g/mol. The van der Waals surface area contributed by atoms with Gasteiger partial charge in [0.1, 0.15) is 0 Å². The number of hydrogen-bond donors (Lipinski definition) is 1. The highest BCUT2D eigenvalue weighted by Crippen LogP contribution is 2.20. The number of para-hydroxylation sites is 1. The fourth-order valence-corrected chi connectivity index (χ4v) is 3.02. The molecule has 128 valence electrons. The van der Waals surface area contributed by atoms with Crippen LogP contribution in [0.25, 0.3) is 5.69 Å². The van der Waals surface area contributed by atoms with Gasteiger partial charge in [0.2, 0.25) is 11.1 Å². The molecule has 0 saturated heterocycles. The molecule has 2 aromatic carbocycles. The standard InChI is InChI=1S/C18H19N5OS/c1-3-14-8-10-15(11-9-14)23-18(20-21-22-23)25-12-17(24)19-16-7-5-4-6-13(16)2/h4-11H,3,12H2,1-2H3,(H,19,24). The molecule has 0 radical (unpaired) electrons. The van der Waals surface area contributed by atoms with Gasteiger partial charge >= 0.3 is 0 Å². The summed E-state index contributed by atoms with van der Waals surface area (Å²) in [4.78, 5) is 12.2. The van der Waals surface area contributed by atoms with E-state index in [4.69, 9.17) is 0 Å². The first kappa shape index (κ1) is 17.2. The van der Waals surface area contributed by atoms with Gasteiger partial charge in [-0.05, 0) is 53.1 Å². The van der Waals surface area contributed by atoms with Crippen molar-refractivity contribution in [1.29, 1.82) is 0 Å². The van der Waals surface area contributed by atoms with Crippen LogP contribution >= 0.6 is 11.8 Å². The van der Waals surface area contributed by atoms with Gasteiger partial charge in [0.15, 0.2) is 0 Å². The van der Waals surface area contributed by atoms with Crippen LogP contribution in [-0.2, 0) is 11.2 Å². The van der Waals surface area contributed by atoms with Crippen molar-refractivity contribution in [1.82, 2.24) is 20.2 Å². The maximum Gasteiger partial charge on any atom is 0.234 e. The van der Waals surface area contributed by atoms with Gasteiger partial charge in [-0.15, -0.1) is 5.10 Å². The van der Waals surface area contributed by atoms with E-state index >= 15 is 0 Å². The molecule has 25 heavy (non-hydrogen) atoms. The zero-order valence-electron chi connectivity index (χ0n) is 14.1. The number of anilines is 1. The molecule has 0 fully saturated rings. The Morgan fingerprint density at radius 3 is 2.64 bits per heavy atom. The third-order valence-corrected chi connectivity index (χ3v) is 4.70. The van der Waals surface area contributed by atoms with Crippen molar-refractivity contribution in [3.05, 3.63) is 59.7 Å². The third-order valence-electron chi connectivity index (χ3n) is 3.78. The Labute approximate surface area is 150 Å². The summed E-state index contributed by atoms with van der Waals surface area (Å²) in [6.07, 6.45) is 0.983. The molecule has 0 aliphatic rings. The number of hydrogen-bond acceptors (Lipinski definition) is 5. The second kappa shape index (κ2) is 7.94. The number of carbonyl (C=O) groups excluding carboxylic acids is 1. The van der Waals surface area contributed by atoms with E-state index in [9.17, 15) is 4.79 Å². The van der Waals surface area contributed by atoms with Crippen LogP contribution in [0.2, 0.25) is 0 Å². The summed E-state index contributed by atoms with van der Waals surface area (Å²) in [5, 5.41) is 15.3. The number of tetrazole rings is 1. The first-order valence-corrected chi connectivity index (χ1v) is 9.02. The fourth-order valence-electron chi connectivity index (χ4n) is 2.33. The van der Waals surface area contributed by atoms with Crippen molar-refractivity contribution in [3.63, 3.8) is 0 Å². The van der Waals surface area contributed by atoms with Gasteiger partial charge in [-0.2, -0.15) is 4.68 Å². The van der Waals surface area contributed by atoms with Gasteiger partial charge < -0.3 is 5.32 Å². The molecule has 1 aromatic heterocycles. The molecule has 1 N–H and O–H groups in total. The predicted molar refractivity (Wildman–Crippen MR) is 99.1 cm³/mol. The van der Waals surface area contributed by atoms with Crippen molar-refractivity contribution in [2.75, 3.05) is 11.1 Å². The Balaban J connectivity index is 1.65. The first-order valence-electron chi connectivity index (χ1n) is 8.03. The summed E-state index contributed by atoms with van der Waals surface area (Å²) in [6, 6.07) is 15.8. The van der Waals surface area contributed by atoms with E-state index in [1.165, 1.54) is 17.3 Å². The first-order chi connectivity index (χ1) is 12.2. The molecule has 0 spiro atoms. The molecule has 6 nitrogen and oxygen atoms in total. The maximum atomic E-state index is 12.2. The van der Waals surface area contributed by atoms with Gasteiger partial charge in [0.25, 0.3) is 0 Å². The van der Waals surface area contributed by atoms with E-state index in [0.717, 1.165) is 23.4 Å². The molecule has 0 unspecified atom stereocenters. The summed E-state index contributed by atoms with van der Waals surface area (Å²) in [5.74, 6) is 0.150. The lowest BCUT2D eigenvalue weighted by molar-refractivity contribution is -0.113. The van der Waals surface area contributed by atoms with Crippen molar-refractivity contribution in [2.24, 2.45) is 0 Å². The molecule has 3 rings (SSSR count). The Bertz CT molecular complexity index is 860. The summed E-state index contributed by atoms with van der Waals surface area (Å²) >= 11 is 1.31. The van der Waals surface area contributed by atoms with Gasteiger partial charge in [0.05, 0.1) is 11.4 Å². The number of aromatic nitrogens is 4. The van der Waals surface area contributed by atoms with Gasteiger partial charge in [-0.3, -0.25) is 4.79 Å². The molecule has 0 aliphatic carbocycles. The number of benzene rings is 2. The molecular formula is C18H19N5OS. The zero-order valence-corrected chi connectivity index (χ0v) is 15.0. The van der Waals surface area contributed by atoms with E-state index in [0.29, 0.717) is 5.16 Å². The highest BCUT2D eigenvalue weighted by molar-refractivity contribution is 7.99. The summed E-state index contributed by atoms with van der Waals surface area (Å²) in [6.45, 7) is 4.07. The third kappa shape index (κ3) is 4.24. The van der Waals surface area contributed by atoms with Gasteiger partial charge in [0, 0.05) is 5.69 Å². The van der Waals surface area contributed by atoms with E-state index < -0.39 is 0 Å². The minimum atomic E-state index is -0.0878. The predicted octanol–water partition coefficient (Wildman–Crippen LogP) is 3.26. The van der Waals surface area contributed by atoms with Crippen molar-refractivity contribution in [2.45, 2.75) is 25.4 Å². The molecule has 1 amide bonds. The van der Waals surface area contributed by atoms with Gasteiger partial charge in [-0.1, -0.05) is 49.0 Å². The molecule has 7 heteroatoms. The molecule has 0 saturated carbocycles. The zero-order chi connectivity index (χ0) is 17.6. The minimum absolute atomic E-state index is 0.0878. The number of aryl methyl sites for hydroxylation is 2. The quantitative estimate of drug-likeness (QED) is 0.689. The average Bonchev–Trinajstić information content (AvgIpc) is 3.10. The number of amides is 1. The molecular weight excluding hydrogens is 334 g/mol. The fraction of sp³-hybridized carbons (Fsp3) is 0.222. The number of carbonyl (C=O) groups is 1. The number of nitrogens with one attached hydrogen (secondary N) is 1. The largest absolute Gasteiger partial charge is 0.325 e. The second-order valence-electron chi connectivity index (χ2n) is 5.55. The number of thioether (sulfide) groups is 1. The smallest absolute Gasteiger partial charge is 0.234 e. The van der Waals surface area contributed by atoms with E-state index in [-0.39, 0.29) is 11.7 Å². The highest BCUT2D eigenvalue weighted by Gasteiger charge is 2.12. The number of nitrogens with zero attached hydrogens (tertiary/aromatic N) is 4. The van der Waals surface area contributed by atoms with Crippen LogP contribution in [0, 0.1) is 6.92 Å². The Morgan fingerprint density at radius 2 is 1.92 bits per heavy atom. The van der Waals surface area contributed by atoms with Crippen LogP contribution < -0.4 is 5.32 Å². The summed E-state index contributed by atoms with van der Waals surface area (Å²) < 4.78 is 1.64. The molecule has 0 atom stereocenters. The lowest BCUT2D eigenvalue weighted by Gasteiger charge is -2.08. The monoisotopic (exact) mass is 353 g/mol. The van der Waals surface area contributed by atoms with E-state index in [1.54, 1.807) is 4.68 Å². The lowest BCUT2D eigenvalue weighted by Crippen LogP contribution is -2.15. The van der Waals surface area contributed by atoms with Crippen molar-refractivity contribution < 1.29 is 4.79 Å². The van der Waals surface area contributed by atoms with Crippen LogP contribution in [0.4, 0.5) is 5.69 Å². The highest BCUT2D eigenvalue weighted by atomic mass is 32.2. The molecule has 0 aliphatic heterocycles. The van der Waals surface area contributed by atoms with Crippen LogP contribution in [0.15, 0.2) is 53.7 Å². The van der Waals surface area contributed by atoms with Crippen LogP contribution in [-0.4, -0.2) is 31.9 Å². The second-order valence-corrected chi connectivity index (χ2v) is 6.49. The van der Waals surface area contributed by atoms with Crippen molar-refractivity contribution >= 4 is 23.4 Å². The van der Waals surface area contributed by atoms with Crippen LogP contribution in [0.3, 0.4) is 0 Å². The Kier molecular flexibility index (Phi) is 5.45. The Morgan fingerprint density at radius 1 is 1.16 bits per heavy atom. The summed E-state index contributed by atoms with van der Waals surface area (Å²) in [7, 11) is 0. The molecule has 3 aromatic rings. The number of rotatable bonds is 6. The Hall–Kier alpha value is -2.67. The SMILES string of the molecule is CCc1ccc(-n2nnnc2SCC(=O)Nc2ccccc2C)cc1. The van der Waals surface area contributed by atoms with E-state index in [2.05, 4.69) is 39.9 Å². The summed E-state index contributed by atoms with van der Waals surface area (Å²) in [5.41, 5.74) is 3.98. The lowest BCUT2D eigenvalue weighted by atomic mass is 10.1. The molecule has 1 heterocycles.